The largest absolute Gasteiger partial charge is 0.381 e. The van der Waals surface area contributed by atoms with E-state index in [0.717, 1.165) is 57.0 Å². The van der Waals surface area contributed by atoms with E-state index >= 15 is 0 Å². The van der Waals surface area contributed by atoms with E-state index in [0.29, 0.717) is 0 Å². The number of rotatable bonds is 6. The highest BCUT2D eigenvalue weighted by molar-refractivity contribution is 5.74. The predicted molar refractivity (Wildman–Crippen MR) is 74.0 cm³/mol. The van der Waals surface area contributed by atoms with Crippen molar-refractivity contribution in [1.82, 2.24) is 10.2 Å². The van der Waals surface area contributed by atoms with Gasteiger partial charge in [0.1, 0.15) is 0 Å². The predicted octanol–water partition coefficient (Wildman–Crippen LogP) is 2.24. The molecule has 0 radical (unpaired) electrons. The Morgan fingerprint density at radius 1 is 1.16 bits per heavy atom. The van der Waals surface area contributed by atoms with E-state index in [2.05, 4.69) is 5.32 Å². The lowest BCUT2D eigenvalue weighted by Gasteiger charge is -2.18. The van der Waals surface area contributed by atoms with Crippen LogP contribution in [0.15, 0.2) is 0 Å². The average Bonchev–Trinajstić information content (AvgIpc) is 2.96. The average molecular weight is 266 g/mol. The molecule has 3 fully saturated rings. The van der Waals surface area contributed by atoms with Crippen LogP contribution < -0.4 is 5.32 Å². The van der Waals surface area contributed by atoms with Crippen LogP contribution in [0.3, 0.4) is 0 Å². The molecule has 0 bridgehead atoms. The first-order valence-electron chi connectivity index (χ1n) is 7.93. The zero-order chi connectivity index (χ0) is 13.1. The van der Waals surface area contributed by atoms with Gasteiger partial charge in [-0.2, -0.15) is 0 Å². The third-order valence-corrected chi connectivity index (χ3v) is 4.81. The number of hydrogen-bond acceptors (Lipinski definition) is 2. The van der Waals surface area contributed by atoms with Crippen molar-refractivity contribution in [3.05, 3.63) is 0 Å². The summed E-state index contributed by atoms with van der Waals surface area (Å²) in [4.78, 5) is 14.0. The fraction of sp³-hybridized carbons (Fsp3) is 0.933. The van der Waals surface area contributed by atoms with Crippen molar-refractivity contribution in [3.8, 4) is 0 Å². The van der Waals surface area contributed by atoms with E-state index < -0.39 is 0 Å². The van der Waals surface area contributed by atoms with Crippen LogP contribution in [0, 0.1) is 17.8 Å². The summed E-state index contributed by atoms with van der Waals surface area (Å²) in [7, 11) is 0. The van der Waals surface area contributed by atoms with E-state index in [1.54, 1.807) is 0 Å². The molecule has 4 nitrogen and oxygen atoms in total. The van der Waals surface area contributed by atoms with Gasteiger partial charge in [0.05, 0.1) is 0 Å². The lowest BCUT2D eigenvalue weighted by atomic mass is 10.0. The summed E-state index contributed by atoms with van der Waals surface area (Å²) >= 11 is 0. The summed E-state index contributed by atoms with van der Waals surface area (Å²) in [6, 6.07) is 0.136. The van der Waals surface area contributed by atoms with Crippen molar-refractivity contribution in [2.45, 2.75) is 38.5 Å². The van der Waals surface area contributed by atoms with Gasteiger partial charge in [0.25, 0.3) is 0 Å². The number of carbonyl (C=O) groups excluding carboxylic acids is 1. The zero-order valence-electron chi connectivity index (χ0n) is 11.8. The molecule has 1 N–H and O–H groups in total. The molecular weight excluding hydrogens is 240 g/mol. The molecule has 0 spiro atoms. The van der Waals surface area contributed by atoms with Crippen LogP contribution in [-0.4, -0.2) is 43.8 Å². The van der Waals surface area contributed by atoms with Crippen LogP contribution in [0.5, 0.6) is 0 Å². The van der Waals surface area contributed by atoms with Crippen molar-refractivity contribution in [3.63, 3.8) is 0 Å². The molecule has 1 aliphatic heterocycles. The molecule has 19 heavy (non-hydrogen) atoms. The fourth-order valence-electron chi connectivity index (χ4n) is 3.42. The van der Waals surface area contributed by atoms with Gasteiger partial charge in [-0.3, -0.25) is 0 Å². The van der Waals surface area contributed by atoms with Gasteiger partial charge in [0.2, 0.25) is 0 Å². The molecule has 2 amide bonds. The summed E-state index contributed by atoms with van der Waals surface area (Å²) in [6.07, 6.45) is 7.62. The number of amides is 2. The third kappa shape index (κ3) is 3.62. The van der Waals surface area contributed by atoms with Crippen LogP contribution in [0.1, 0.15) is 38.5 Å². The number of urea groups is 1. The smallest absolute Gasteiger partial charge is 0.317 e. The number of ether oxygens (including phenoxy) is 1. The second kappa shape index (κ2) is 6.12. The van der Waals surface area contributed by atoms with Gasteiger partial charge >= 0.3 is 6.03 Å². The molecule has 0 aromatic carbocycles. The Bertz CT molecular complexity index is 305. The van der Waals surface area contributed by atoms with E-state index in [-0.39, 0.29) is 6.03 Å². The number of nitrogens with one attached hydrogen (secondary N) is 1. The lowest BCUT2D eigenvalue weighted by molar-refractivity contribution is 0.122. The first kappa shape index (κ1) is 13.2. The maximum Gasteiger partial charge on any atom is 0.317 e. The minimum atomic E-state index is 0.136. The molecule has 3 aliphatic rings. The molecule has 2 aliphatic carbocycles. The van der Waals surface area contributed by atoms with Crippen molar-refractivity contribution in [2.75, 3.05) is 32.8 Å². The number of carbonyl (C=O) groups is 1. The van der Waals surface area contributed by atoms with Crippen molar-refractivity contribution >= 4 is 6.03 Å². The molecule has 108 valence electrons. The Labute approximate surface area is 115 Å². The van der Waals surface area contributed by atoms with Crippen LogP contribution in [0.2, 0.25) is 0 Å². The highest BCUT2D eigenvalue weighted by Crippen LogP contribution is 2.37. The van der Waals surface area contributed by atoms with Crippen LogP contribution in [0.25, 0.3) is 0 Å². The summed E-state index contributed by atoms with van der Waals surface area (Å²) < 4.78 is 5.56. The van der Waals surface area contributed by atoms with Gasteiger partial charge in [-0.1, -0.05) is 6.42 Å². The summed E-state index contributed by atoms with van der Waals surface area (Å²) in [5, 5.41) is 3.02. The Balaban J connectivity index is 1.24. The molecular formula is C15H26N2O2. The number of hydrogen-bond donors (Lipinski definition) is 1. The van der Waals surface area contributed by atoms with Gasteiger partial charge in [-0.15, -0.1) is 0 Å². The van der Waals surface area contributed by atoms with Crippen LogP contribution in [0.4, 0.5) is 4.79 Å². The fourth-order valence-corrected chi connectivity index (χ4v) is 3.42. The SMILES string of the molecule is O=C(NCCCOCC1CC1)N1C[C@@H]2CCC[C@H]2C1. The Morgan fingerprint density at radius 2 is 1.89 bits per heavy atom. The van der Waals surface area contributed by atoms with Gasteiger partial charge in [0, 0.05) is 32.8 Å². The van der Waals surface area contributed by atoms with E-state index in [1.807, 2.05) is 4.90 Å². The van der Waals surface area contributed by atoms with Gasteiger partial charge < -0.3 is 15.0 Å². The van der Waals surface area contributed by atoms with E-state index in [9.17, 15) is 4.79 Å². The Kier molecular flexibility index (Phi) is 4.26. The van der Waals surface area contributed by atoms with Crippen LogP contribution >= 0.6 is 0 Å². The number of nitrogens with zero attached hydrogens (tertiary/aromatic N) is 1. The Morgan fingerprint density at radius 3 is 2.58 bits per heavy atom. The monoisotopic (exact) mass is 266 g/mol. The van der Waals surface area contributed by atoms with Gasteiger partial charge in [-0.25, -0.2) is 4.79 Å². The summed E-state index contributed by atoms with van der Waals surface area (Å²) in [5.74, 6) is 2.40. The van der Waals surface area contributed by atoms with Gasteiger partial charge in [0.15, 0.2) is 0 Å². The molecule has 1 saturated heterocycles. The minimum absolute atomic E-state index is 0.136. The van der Waals surface area contributed by atoms with E-state index in [4.69, 9.17) is 4.74 Å². The third-order valence-electron chi connectivity index (χ3n) is 4.81. The number of likely N-dealkylation sites (tertiary alicyclic amines) is 1. The summed E-state index contributed by atoms with van der Waals surface area (Å²) in [6.45, 7) is 4.41. The normalized spacial score (nSPS) is 29.6. The summed E-state index contributed by atoms with van der Waals surface area (Å²) in [5.41, 5.74) is 0. The van der Waals surface area contributed by atoms with Crippen molar-refractivity contribution < 1.29 is 9.53 Å². The molecule has 4 heteroatoms. The molecule has 2 atom stereocenters. The van der Waals surface area contributed by atoms with E-state index in [1.165, 1.54) is 32.1 Å². The van der Waals surface area contributed by atoms with Crippen molar-refractivity contribution in [1.29, 1.82) is 0 Å². The molecule has 1 heterocycles. The van der Waals surface area contributed by atoms with Crippen LogP contribution in [-0.2, 0) is 4.74 Å². The van der Waals surface area contributed by atoms with Gasteiger partial charge in [-0.05, 0) is 49.9 Å². The standard InChI is InChI=1S/C15H26N2O2/c18-15(16-7-2-8-19-11-12-5-6-12)17-9-13-3-1-4-14(13)10-17/h12-14H,1-11H2,(H,16,18)/t13-,14-/m0/s1. The minimum Gasteiger partial charge on any atom is -0.381 e. The maximum absolute atomic E-state index is 12.0. The lowest BCUT2D eigenvalue weighted by Crippen LogP contribution is -2.39. The molecule has 2 saturated carbocycles. The first-order valence-corrected chi connectivity index (χ1v) is 7.93. The molecule has 0 unspecified atom stereocenters. The number of fused-ring (bicyclic) bond motifs is 1. The second-order valence-electron chi connectivity index (χ2n) is 6.46. The Hall–Kier alpha value is -0.770. The zero-order valence-corrected chi connectivity index (χ0v) is 11.8. The van der Waals surface area contributed by atoms with Crippen molar-refractivity contribution in [2.24, 2.45) is 17.8 Å². The quantitative estimate of drug-likeness (QED) is 0.749. The highest BCUT2D eigenvalue weighted by atomic mass is 16.5. The second-order valence-corrected chi connectivity index (χ2v) is 6.46. The topological polar surface area (TPSA) is 41.6 Å². The molecule has 0 aromatic rings. The first-order chi connectivity index (χ1) is 9.33. The molecule has 0 aromatic heterocycles. The highest BCUT2D eigenvalue weighted by Gasteiger charge is 2.37. The molecule has 3 rings (SSSR count). The maximum atomic E-state index is 12.0.